The van der Waals surface area contributed by atoms with Gasteiger partial charge in [-0.05, 0) is 86.1 Å². The van der Waals surface area contributed by atoms with E-state index in [-0.39, 0.29) is 18.1 Å². The van der Waals surface area contributed by atoms with Crippen LogP contribution in [-0.4, -0.2) is 42.2 Å². The smallest absolute Gasteiger partial charge is 0.253 e. The van der Waals surface area contributed by atoms with Gasteiger partial charge >= 0.3 is 0 Å². The first kappa shape index (κ1) is 18.8. The molecule has 0 aliphatic heterocycles. The van der Waals surface area contributed by atoms with Gasteiger partial charge in [0.2, 0.25) is 0 Å². The second kappa shape index (κ2) is 7.84. The van der Waals surface area contributed by atoms with Crippen molar-refractivity contribution in [3.05, 3.63) is 54.1 Å². The molecular formula is C23H27NO4. The predicted octanol–water partition coefficient (Wildman–Crippen LogP) is 4.11. The first-order valence-corrected chi connectivity index (χ1v) is 9.90. The number of aliphatic hydroxyl groups is 1. The van der Waals surface area contributed by atoms with E-state index >= 15 is 0 Å². The van der Waals surface area contributed by atoms with Crippen LogP contribution in [0, 0.1) is 11.8 Å². The van der Waals surface area contributed by atoms with Crippen LogP contribution < -0.4 is 9.47 Å². The van der Waals surface area contributed by atoms with E-state index < -0.39 is 0 Å². The van der Waals surface area contributed by atoms with Crippen molar-refractivity contribution in [3.63, 3.8) is 0 Å². The van der Waals surface area contributed by atoms with Gasteiger partial charge < -0.3 is 19.5 Å². The standard InChI is InChI=1S/C23H27NO4/c1-24(18-11-16-13-19(25)14-17(16)12-18)23(26)15-3-5-21(6-4-15)28-22-9-7-20(27-2)8-10-22/h3-10,16-19,25H,11-14H2,1-2H3/t16-,17+,18?,19?. The van der Waals surface area contributed by atoms with E-state index in [4.69, 9.17) is 9.47 Å². The van der Waals surface area contributed by atoms with Crippen molar-refractivity contribution in [1.82, 2.24) is 4.90 Å². The SMILES string of the molecule is COc1ccc(Oc2ccc(C(=O)N(C)C3C[C@H]4CC(O)C[C@H]4C3)cc2)cc1. The topological polar surface area (TPSA) is 59.0 Å². The van der Waals surface area contributed by atoms with Crippen molar-refractivity contribution < 1.29 is 19.4 Å². The number of benzene rings is 2. The summed E-state index contributed by atoms with van der Waals surface area (Å²) in [5, 5.41) is 9.81. The first-order valence-electron chi connectivity index (χ1n) is 9.90. The number of methoxy groups -OCH3 is 1. The van der Waals surface area contributed by atoms with E-state index in [2.05, 4.69) is 0 Å². The number of carbonyl (C=O) groups is 1. The zero-order valence-electron chi connectivity index (χ0n) is 16.4. The Morgan fingerprint density at radius 2 is 1.39 bits per heavy atom. The highest BCUT2D eigenvalue weighted by Gasteiger charge is 2.43. The highest BCUT2D eigenvalue weighted by molar-refractivity contribution is 5.94. The van der Waals surface area contributed by atoms with Gasteiger partial charge in [-0.2, -0.15) is 0 Å². The van der Waals surface area contributed by atoms with Gasteiger partial charge in [-0.15, -0.1) is 0 Å². The van der Waals surface area contributed by atoms with E-state index in [1.54, 1.807) is 7.11 Å². The molecule has 2 aromatic rings. The Morgan fingerprint density at radius 3 is 1.93 bits per heavy atom. The lowest BCUT2D eigenvalue weighted by Crippen LogP contribution is -2.36. The fraction of sp³-hybridized carbons (Fsp3) is 0.435. The number of amides is 1. The molecule has 148 valence electrons. The van der Waals surface area contributed by atoms with Crippen LogP contribution in [0.1, 0.15) is 36.0 Å². The summed E-state index contributed by atoms with van der Waals surface area (Å²) >= 11 is 0. The highest BCUT2D eigenvalue weighted by Crippen LogP contribution is 2.45. The minimum atomic E-state index is -0.143. The summed E-state index contributed by atoms with van der Waals surface area (Å²) < 4.78 is 11.0. The fourth-order valence-corrected chi connectivity index (χ4v) is 4.68. The zero-order valence-corrected chi connectivity index (χ0v) is 16.4. The average molecular weight is 381 g/mol. The normalized spacial score (nSPS) is 26.0. The molecule has 2 fully saturated rings. The predicted molar refractivity (Wildman–Crippen MR) is 107 cm³/mol. The maximum atomic E-state index is 12.9. The van der Waals surface area contributed by atoms with Crippen LogP contribution in [0.15, 0.2) is 48.5 Å². The van der Waals surface area contributed by atoms with Crippen LogP contribution in [-0.2, 0) is 0 Å². The van der Waals surface area contributed by atoms with Gasteiger partial charge in [0.1, 0.15) is 17.2 Å². The molecule has 0 radical (unpaired) electrons. The summed E-state index contributed by atoms with van der Waals surface area (Å²) in [6.07, 6.45) is 3.64. The lowest BCUT2D eigenvalue weighted by Gasteiger charge is -2.25. The number of hydrogen-bond donors (Lipinski definition) is 1. The van der Waals surface area contributed by atoms with Gasteiger partial charge in [-0.3, -0.25) is 4.79 Å². The van der Waals surface area contributed by atoms with E-state index in [1.165, 1.54) is 0 Å². The molecule has 1 amide bonds. The molecule has 2 aliphatic rings. The number of rotatable bonds is 5. The van der Waals surface area contributed by atoms with Crippen molar-refractivity contribution in [3.8, 4) is 17.2 Å². The van der Waals surface area contributed by atoms with Crippen molar-refractivity contribution in [2.45, 2.75) is 37.8 Å². The second-order valence-electron chi connectivity index (χ2n) is 7.99. The summed E-state index contributed by atoms with van der Waals surface area (Å²) in [4.78, 5) is 14.8. The lowest BCUT2D eigenvalue weighted by molar-refractivity contribution is 0.0722. The Labute approximate surface area is 165 Å². The van der Waals surface area contributed by atoms with Crippen LogP contribution in [0.3, 0.4) is 0 Å². The molecule has 28 heavy (non-hydrogen) atoms. The molecule has 0 aromatic heterocycles. The quantitative estimate of drug-likeness (QED) is 0.847. The third-order valence-electron chi connectivity index (χ3n) is 6.23. The third-order valence-corrected chi connectivity index (χ3v) is 6.23. The molecule has 5 nitrogen and oxygen atoms in total. The Balaban J connectivity index is 1.37. The lowest BCUT2D eigenvalue weighted by atomic mass is 10.0. The molecule has 4 rings (SSSR count). The van der Waals surface area contributed by atoms with Gasteiger partial charge in [0.25, 0.3) is 5.91 Å². The van der Waals surface area contributed by atoms with Crippen LogP contribution >= 0.6 is 0 Å². The largest absolute Gasteiger partial charge is 0.497 e. The van der Waals surface area contributed by atoms with Gasteiger partial charge in [0.05, 0.1) is 13.2 Å². The van der Waals surface area contributed by atoms with E-state index in [9.17, 15) is 9.90 Å². The second-order valence-corrected chi connectivity index (χ2v) is 7.99. The van der Waals surface area contributed by atoms with Crippen molar-refractivity contribution in [2.24, 2.45) is 11.8 Å². The maximum absolute atomic E-state index is 12.9. The number of aliphatic hydroxyl groups excluding tert-OH is 1. The zero-order chi connectivity index (χ0) is 19.7. The number of carbonyl (C=O) groups excluding carboxylic acids is 1. The minimum absolute atomic E-state index is 0.0431. The van der Waals surface area contributed by atoms with Crippen LogP contribution in [0.5, 0.6) is 17.2 Å². The van der Waals surface area contributed by atoms with Crippen LogP contribution in [0.25, 0.3) is 0 Å². The molecular weight excluding hydrogens is 354 g/mol. The van der Waals surface area contributed by atoms with Crippen LogP contribution in [0.4, 0.5) is 0 Å². The van der Waals surface area contributed by atoms with Gasteiger partial charge in [-0.25, -0.2) is 0 Å². The van der Waals surface area contributed by atoms with Crippen LogP contribution in [0.2, 0.25) is 0 Å². The van der Waals surface area contributed by atoms with E-state index in [1.807, 2.05) is 60.5 Å². The number of fused-ring (bicyclic) bond motifs is 1. The number of nitrogens with zero attached hydrogens (tertiary/aromatic N) is 1. The van der Waals surface area contributed by atoms with Gasteiger partial charge in [0, 0.05) is 18.7 Å². The van der Waals surface area contributed by atoms with Gasteiger partial charge in [-0.1, -0.05) is 0 Å². The summed E-state index contributed by atoms with van der Waals surface area (Å²) in [6, 6.07) is 14.9. The molecule has 0 saturated heterocycles. The Kier molecular flexibility index (Phi) is 5.27. The monoisotopic (exact) mass is 381 g/mol. The molecule has 2 aliphatic carbocycles. The Bertz CT molecular complexity index is 804. The molecule has 5 heteroatoms. The van der Waals surface area contributed by atoms with E-state index in [0.717, 1.165) is 37.2 Å². The van der Waals surface area contributed by atoms with E-state index in [0.29, 0.717) is 23.1 Å². The van der Waals surface area contributed by atoms with Crippen molar-refractivity contribution in [2.75, 3.05) is 14.2 Å². The molecule has 0 spiro atoms. The number of hydrogen-bond acceptors (Lipinski definition) is 4. The first-order chi connectivity index (χ1) is 13.5. The molecule has 2 aromatic carbocycles. The average Bonchev–Trinajstić information content (AvgIpc) is 3.25. The summed E-state index contributed by atoms with van der Waals surface area (Å²) in [5.41, 5.74) is 0.668. The summed E-state index contributed by atoms with van der Waals surface area (Å²) in [7, 11) is 3.52. The highest BCUT2D eigenvalue weighted by atomic mass is 16.5. The molecule has 2 saturated carbocycles. The van der Waals surface area contributed by atoms with Crippen molar-refractivity contribution >= 4 is 5.91 Å². The summed E-state index contributed by atoms with van der Waals surface area (Å²) in [6.45, 7) is 0. The molecule has 4 atom stereocenters. The minimum Gasteiger partial charge on any atom is -0.497 e. The van der Waals surface area contributed by atoms with Gasteiger partial charge in [0.15, 0.2) is 0 Å². The summed E-state index contributed by atoms with van der Waals surface area (Å²) in [5.74, 6) is 3.36. The molecule has 1 N–H and O–H groups in total. The Morgan fingerprint density at radius 1 is 0.893 bits per heavy atom. The van der Waals surface area contributed by atoms with Crippen molar-refractivity contribution in [1.29, 1.82) is 0 Å². The molecule has 0 bridgehead atoms. The Hall–Kier alpha value is -2.53. The third kappa shape index (κ3) is 3.85. The molecule has 0 heterocycles. The maximum Gasteiger partial charge on any atom is 0.253 e. The fourth-order valence-electron chi connectivity index (χ4n) is 4.68. The molecule has 2 unspecified atom stereocenters. The number of ether oxygens (including phenoxy) is 2.